The Bertz CT molecular complexity index is 1580. The largest absolute Gasteiger partial charge is 0.477 e. The van der Waals surface area contributed by atoms with Gasteiger partial charge in [-0.05, 0) is 37.0 Å². The van der Waals surface area contributed by atoms with E-state index in [0.717, 1.165) is 28.8 Å². The smallest absolute Gasteiger partial charge is 0.352 e. The van der Waals surface area contributed by atoms with Gasteiger partial charge in [-0.3, -0.25) is 19.3 Å². The number of aryl methyl sites for hydroxylation is 1. The van der Waals surface area contributed by atoms with Gasteiger partial charge in [-0.2, -0.15) is 0 Å². The molecule has 3 amide bonds. The van der Waals surface area contributed by atoms with Crippen LogP contribution in [0, 0.1) is 0 Å². The normalized spacial score (nSPS) is 21.6. The number of nitrogens with zero attached hydrogens (tertiary/aromatic N) is 5. The van der Waals surface area contributed by atoms with Crippen LogP contribution in [0.4, 0.5) is 10.8 Å². The molecule has 2 saturated heterocycles. The summed E-state index contributed by atoms with van der Waals surface area (Å²) in [6.45, 7) is 1.56. The van der Waals surface area contributed by atoms with E-state index < -0.39 is 35.8 Å². The minimum Gasteiger partial charge on any atom is -0.477 e. The number of allylic oxidation sites excluding steroid dienone is 2. The van der Waals surface area contributed by atoms with Gasteiger partial charge in [0.05, 0.1) is 6.04 Å². The molecule has 2 aromatic heterocycles. The molecule has 0 bridgehead atoms. The van der Waals surface area contributed by atoms with Gasteiger partial charge in [0.2, 0.25) is 0 Å². The highest BCUT2D eigenvalue weighted by atomic mass is 32.1. The maximum absolute atomic E-state index is 13.1. The van der Waals surface area contributed by atoms with Crippen LogP contribution in [0.5, 0.6) is 0 Å². The molecule has 212 valence electrons. The van der Waals surface area contributed by atoms with E-state index in [2.05, 4.69) is 20.3 Å². The fourth-order valence-corrected chi connectivity index (χ4v) is 5.64. The average molecular weight is 581 g/mol. The molecule has 3 aliphatic heterocycles. The molecule has 5 rings (SSSR count). The molecule has 0 aromatic carbocycles. The lowest BCUT2D eigenvalue weighted by atomic mass is 9.82. The number of carboxylic acids is 1. The van der Waals surface area contributed by atoms with Crippen molar-refractivity contribution >= 4 is 57.5 Å². The van der Waals surface area contributed by atoms with Crippen molar-refractivity contribution in [2.24, 2.45) is 12.2 Å². The van der Waals surface area contributed by atoms with Gasteiger partial charge >= 0.3 is 11.9 Å². The number of carbonyl (C=O) groups excluding carboxylic acids is 4. The van der Waals surface area contributed by atoms with Gasteiger partial charge in [-0.1, -0.05) is 5.16 Å². The number of carbonyl (C=O) groups is 5. The number of hydrogen-bond donors (Lipinski definition) is 3. The highest BCUT2D eigenvalue weighted by Gasteiger charge is 2.53. The zero-order valence-electron chi connectivity index (χ0n) is 22.1. The summed E-state index contributed by atoms with van der Waals surface area (Å²) in [5.41, 5.74) is 6.68. The van der Waals surface area contributed by atoms with Gasteiger partial charge in [-0.25, -0.2) is 19.1 Å². The van der Waals surface area contributed by atoms with Gasteiger partial charge in [-0.15, -0.1) is 11.3 Å². The molecular weight excluding hydrogens is 554 g/mol. The number of aliphatic carboxylic acids is 1. The van der Waals surface area contributed by atoms with Crippen molar-refractivity contribution in [3.8, 4) is 0 Å². The molecule has 14 nitrogen and oxygen atoms in total. The molecule has 5 heterocycles. The lowest BCUT2D eigenvalue weighted by molar-refractivity contribution is -0.670. The molecule has 15 heteroatoms. The fraction of sp³-hybridized carbons (Fsp3) is 0.308. The lowest BCUT2D eigenvalue weighted by Gasteiger charge is -2.50. The highest BCUT2D eigenvalue weighted by molar-refractivity contribution is 7.13. The van der Waals surface area contributed by atoms with Crippen LogP contribution in [0.15, 0.2) is 58.0 Å². The maximum atomic E-state index is 13.1. The van der Waals surface area contributed by atoms with E-state index in [9.17, 15) is 29.1 Å². The van der Waals surface area contributed by atoms with Crippen LogP contribution in [0.1, 0.15) is 31.9 Å². The zero-order valence-corrected chi connectivity index (χ0v) is 22.9. The van der Waals surface area contributed by atoms with E-state index in [1.54, 1.807) is 11.0 Å². The number of hydrogen-bond acceptors (Lipinski definition) is 10. The summed E-state index contributed by atoms with van der Waals surface area (Å²) in [5.74, 6) is -3.77. The standard InChI is InChI=1S/C26H25N7O7S/c1-13(34)40-30-19(17-12-41-26(27)28-17)22(35)29-20-18-6-5-14(21(25(38)39)33(18)24(20)37)10-15-7-9-32(23(15)36)16-4-3-8-31(2)11-16/h3-4,8,10-12,18,20H,5-7,9H2,1-2H3,(H3-,27,28,29,35,38,39)/p+1/b15-10?,30-19-/t18-,20+/m1/s1. The molecule has 0 saturated carbocycles. The topological polar surface area (TPSA) is 188 Å². The third-order valence-corrected chi connectivity index (χ3v) is 7.59. The number of thiazole rings is 1. The summed E-state index contributed by atoms with van der Waals surface area (Å²) < 4.78 is 1.83. The Kier molecular flexibility index (Phi) is 7.36. The minimum absolute atomic E-state index is 0.0538. The molecule has 0 aliphatic carbocycles. The molecule has 3 aliphatic rings. The Balaban J connectivity index is 1.36. The number of amides is 3. The Morgan fingerprint density at radius 1 is 1.32 bits per heavy atom. The van der Waals surface area contributed by atoms with E-state index in [1.807, 2.05) is 36.1 Å². The Morgan fingerprint density at radius 2 is 2.10 bits per heavy atom. The second kappa shape index (κ2) is 10.9. The Hall–Kier alpha value is -4.92. The van der Waals surface area contributed by atoms with Crippen LogP contribution in [-0.2, 0) is 35.9 Å². The summed E-state index contributed by atoms with van der Waals surface area (Å²) in [5, 5.41) is 17.8. The molecule has 0 radical (unpaired) electrons. The first-order valence-corrected chi connectivity index (χ1v) is 13.5. The number of fused-ring (bicyclic) bond motifs is 1. The summed E-state index contributed by atoms with van der Waals surface area (Å²) in [6, 6.07) is 1.99. The highest BCUT2D eigenvalue weighted by Crippen LogP contribution is 2.38. The second-order valence-electron chi connectivity index (χ2n) is 9.64. The number of nitrogens with two attached hydrogens (primary N) is 1. The number of oxime groups is 1. The number of aromatic nitrogens is 2. The van der Waals surface area contributed by atoms with Crippen LogP contribution < -0.4 is 20.5 Å². The number of rotatable bonds is 7. The molecule has 2 aromatic rings. The first kappa shape index (κ1) is 27.6. The predicted molar refractivity (Wildman–Crippen MR) is 144 cm³/mol. The molecule has 2 atom stereocenters. The number of anilines is 2. The predicted octanol–water partition coefficient (Wildman–Crippen LogP) is 0.00840. The summed E-state index contributed by atoms with van der Waals surface area (Å²) in [4.78, 5) is 74.3. The fourth-order valence-electron chi connectivity index (χ4n) is 5.09. The maximum Gasteiger partial charge on any atom is 0.352 e. The monoisotopic (exact) mass is 580 g/mol. The van der Waals surface area contributed by atoms with E-state index in [-0.39, 0.29) is 34.6 Å². The Labute approximate surface area is 237 Å². The number of pyridine rings is 1. The van der Waals surface area contributed by atoms with Gasteiger partial charge in [0, 0.05) is 30.5 Å². The number of β-lactam (4-membered cyclic amide) rings is 1. The van der Waals surface area contributed by atoms with Crippen molar-refractivity contribution in [1.82, 2.24) is 15.2 Å². The van der Waals surface area contributed by atoms with Crippen molar-refractivity contribution in [2.75, 3.05) is 17.2 Å². The molecule has 41 heavy (non-hydrogen) atoms. The Morgan fingerprint density at radius 3 is 2.76 bits per heavy atom. The van der Waals surface area contributed by atoms with Crippen molar-refractivity contribution in [1.29, 1.82) is 0 Å². The van der Waals surface area contributed by atoms with E-state index in [1.165, 1.54) is 5.38 Å². The van der Waals surface area contributed by atoms with Gasteiger partial charge in [0.25, 0.3) is 17.7 Å². The SMILES string of the molecule is CC(=O)O/N=C(\C(=O)N[C@@H]1C(=O)N2C(C(=O)O)=C(C=C3CCN(c4ccc[n+](C)c4)C3=O)CC[C@H]12)c1csc(N)n1. The average Bonchev–Trinajstić information content (AvgIpc) is 3.51. The van der Waals surface area contributed by atoms with E-state index >= 15 is 0 Å². The van der Waals surface area contributed by atoms with Crippen LogP contribution >= 0.6 is 11.3 Å². The molecule has 4 N–H and O–H groups in total. The van der Waals surface area contributed by atoms with Gasteiger partial charge in [0.1, 0.15) is 30.2 Å². The van der Waals surface area contributed by atoms with Crippen molar-refractivity contribution in [2.45, 2.75) is 38.3 Å². The lowest BCUT2D eigenvalue weighted by Crippen LogP contribution is -2.72. The van der Waals surface area contributed by atoms with E-state index in [4.69, 9.17) is 5.73 Å². The molecular formula is C26H26N7O7S+. The zero-order chi connectivity index (χ0) is 29.4. The molecule has 2 fully saturated rings. The van der Waals surface area contributed by atoms with Crippen molar-refractivity contribution < 1.29 is 38.5 Å². The third-order valence-electron chi connectivity index (χ3n) is 6.92. The summed E-state index contributed by atoms with van der Waals surface area (Å²) in [6.07, 6.45) is 6.30. The van der Waals surface area contributed by atoms with Crippen molar-refractivity contribution in [3.63, 3.8) is 0 Å². The number of carboxylic acid groups (broad SMARTS) is 1. The molecule has 0 spiro atoms. The third kappa shape index (κ3) is 5.30. The van der Waals surface area contributed by atoms with Crippen LogP contribution in [0.2, 0.25) is 0 Å². The van der Waals surface area contributed by atoms with Crippen LogP contribution in [0.25, 0.3) is 0 Å². The first-order chi connectivity index (χ1) is 19.5. The second-order valence-corrected chi connectivity index (χ2v) is 10.5. The first-order valence-electron chi connectivity index (χ1n) is 12.6. The quantitative estimate of drug-likeness (QED) is 0.101. The van der Waals surface area contributed by atoms with Gasteiger partial charge in [0.15, 0.2) is 23.2 Å². The van der Waals surface area contributed by atoms with Crippen LogP contribution in [0.3, 0.4) is 0 Å². The van der Waals surface area contributed by atoms with Gasteiger partial charge < -0.3 is 25.9 Å². The van der Waals surface area contributed by atoms with Crippen LogP contribution in [-0.4, -0.2) is 69.0 Å². The minimum atomic E-state index is -1.31. The summed E-state index contributed by atoms with van der Waals surface area (Å²) >= 11 is 1.04. The number of nitrogens with one attached hydrogen (secondary N) is 1. The van der Waals surface area contributed by atoms with Crippen molar-refractivity contribution in [3.05, 3.63) is 58.5 Å². The van der Waals surface area contributed by atoms with E-state index in [0.29, 0.717) is 30.5 Å². The molecule has 0 unspecified atom stereocenters. The summed E-state index contributed by atoms with van der Waals surface area (Å²) in [7, 11) is 1.85. The number of nitrogen functional groups attached to an aromatic ring is 1.